The van der Waals surface area contributed by atoms with Crippen LogP contribution in [0.15, 0.2) is 6.07 Å². The Bertz CT molecular complexity index is 411. The van der Waals surface area contributed by atoms with E-state index in [9.17, 15) is 13.2 Å². The molecule has 1 unspecified atom stereocenters. The Morgan fingerprint density at radius 1 is 1.42 bits per heavy atom. The fourth-order valence-corrected chi connectivity index (χ4v) is 1.50. The van der Waals surface area contributed by atoms with Crippen molar-refractivity contribution in [3.8, 4) is 0 Å². The lowest BCUT2D eigenvalue weighted by molar-refractivity contribution is -0.136. The van der Waals surface area contributed by atoms with Gasteiger partial charge in [0.1, 0.15) is 18.2 Å². The third-order valence-electron chi connectivity index (χ3n) is 2.16. The lowest BCUT2D eigenvalue weighted by atomic mass is 10.2. The molecule has 0 saturated heterocycles. The molecule has 1 rings (SSSR count). The SMILES string of the molecule is CCOCc1nc(N)cc(NC(C)CC(F)(F)F)n1. The van der Waals surface area contributed by atoms with Crippen molar-refractivity contribution in [2.75, 3.05) is 17.7 Å². The van der Waals surface area contributed by atoms with Crippen molar-refractivity contribution in [2.45, 2.75) is 39.1 Å². The first-order valence-electron chi connectivity index (χ1n) is 5.84. The molecule has 0 saturated carbocycles. The molecule has 0 aliphatic rings. The highest BCUT2D eigenvalue weighted by Gasteiger charge is 2.30. The van der Waals surface area contributed by atoms with Crippen LogP contribution in [-0.4, -0.2) is 28.8 Å². The van der Waals surface area contributed by atoms with Crippen LogP contribution in [-0.2, 0) is 11.3 Å². The first-order valence-corrected chi connectivity index (χ1v) is 5.84. The van der Waals surface area contributed by atoms with Gasteiger partial charge in [0.25, 0.3) is 0 Å². The van der Waals surface area contributed by atoms with Crippen LogP contribution in [0.5, 0.6) is 0 Å². The van der Waals surface area contributed by atoms with E-state index in [-0.39, 0.29) is 18.2 Å². The highest BCUT2D eigenvalue weighted by molar-refractivity contribution is 5.45. The zero-order chi connectivity index (χ0) is 14.5. The van der Waals surface area contributed by atoms with Gasteiger partial charge in [-0.1, -0.05) is 0 Å². The van der Waals surface area contributed by atoms with Crippen LogP contribution in [0.25, 0.3) is 0 Å². The van der Waals surface area contributed by atoms with Crippen LogP contribution in [0.4, 0.5) is 24.8 Å². The molecule has 1 aromatic rings. The Morgan fingerprint density at radius 3 is 2.68 bits per heavy atom. The average Bonchev–Trinajstić information content (AvgIpc) is 2.22. The Hall–Kier alpha value is -1.57. The maximum atomic E-state index is 12.2. The highest BCUT2D eigenvalue weighted by atomic mass is 19.4. The summed E-state index contributed by atoms with van der Waals surface area (Å²) >= 11 is 0. The van der Waals surface area contributed by atoms with E-state index >= 15 is 0 Å². The van der Waals surface area contributed by atoms with Gasteiger partial charge in [0, 0.05) is 18.7 Å². The van der Waals surface area contributed by atoms with Gasteiger partial charge in [0.05, 0.1) is 6.42 Å². The number of nitrogens with one attached hydrogen (secondary N) is 1. The van der Waals surface area contributed by atoms with Crippen molar-refractivity contribution in [2.24, 2.45) is 0 Å². The summed E-state index contributed by atoms with van der Waals surface area (Å²) in [5.74, 6) is 0.786. The van der Waals surface area contributed by atoms with Crippen LogP contribution >= 0.6 is 0 Å². The number of nitrogens with two attached hydrogens (primary N) is 1. The number of halogens is 3. The summed E-state index contributed by atoms with van der Waals surface area (Å²) in [6.45, 7) is 3.90. The third kappa shape index (κ3) is 6.23. The van der Waals surface area contributed by atoms with E-state index in [1.54, 1.807) is 0 Å². The zero-order valence-electron chi connectivity index (χ0n) is 10.8. The maximum absolute atomic E-state index is 12.2. The number of nitrogens with zero attached hydrogens (tertiary/aromatic N) is 2. The summed E-state index contributed by atoms with van der Waals surface area (Å²) in [5, 5.41) is 2.65. The quantitative estimate of drug-likeness (QED) is 0.835. The molecule has 3 N–H and O–H groups in total. The van der Waals surface area contributed by atoms with Gasteiger partial charge in [-0.2, -0.15) is 13.2 Å². The lowest BCUT2D eigenvalue weighted by Crippen LogP contribution is -2.24. The number of alkyl halides is 3. The molecule has 0 aliphatic carbocycles. The summed E-state index contributed by atoms with van der Waals surface area (Å²) in [6.07, 6.45) is -5.17. The first-order chi connectivity index (χ1) is 8.80. The second-order valence-electron chi connectivity index (χ2n) is 4.10. The van der Waals surface area contributed by atoms with Gasteiger partial charge in [-0.15, -0.1) is 0 Å². The minimum Gasteiger partial charge on any atom is -0.384 e. The molecule has 0 aromatic carbocycles. The molecule has 0 fully saturated rings. The smallest absolute Gasteiger partial charge is 0.384 e. The number of aromatic nitrogens is 2. The summed E-state index contributed by atoms with van der Waals surface area (Å²) < 4.78 is 41.8. The molecular formula is C11H17F3N4O. The van der Waals surface area contributed by atoms with Gasteiger partial charge >= 0.3 is 6.18 Å². The van der Waals surface area contributed by atoms with Gasteiger partial charge < -0.3 is 15.8 Å². The Morgan fingerprint density at radius 2 is 2.11 bits per heavy atom. The minimum absolute atomic E-state index is 0.171. The van der Waals surface area contributed by atoms with Crippen molar-refractivity contribution in [1.82, 2.24) is 9.97 Å². The van der Waals surface area contributed by atoms with Crippen molar-refractivity contribution in [1.29, 1.82) is 0 Å². The normalized spacial score (nSPS) is 13.3. The lowest BCUT2D eigenvalue weighted by Gasteiger charge is -2.16. The van der Waals surface area contributed by atoms with Gasteiger partial charge in [-0.3, -0.25) is 0 Å². The number of nitrogen functional groups attached to an aromatic ring is 1. The second kappa shape index (κ2) is 6.55. The van der Waals surface area contributed by atoms with Crippen LogP contribution in [0.1, 0.15) is 26.1 Å². The number of ether oxygens (including phenoxy) is 1. The Balaban J connectivity index is 2.69. The fraction of sp³-hybridized carbons (Fsp3) is 0.636. The molecule has 0 bridgehead atoms. The van der Waals surface area contributed by atoms with E-state index in [2.05, 4.69) is 15.3 Å². The van der Waals surface area contributed by atoms with Gasteiger partial charge in [-0.25, -0.2) is 9.97 Å². The molecule has 5 nitrogen and oxygen atoms in total. The van der Waals surface area contributed by atoms with Crippen molar-refractivity contribution >= 4 is 11.6 Å². The molecule has 19 heavy (non-hydrogen) atoms. The molecule has 0 radical (unpaired) electrons. The highest BCUT2D eigenvalue weighted by Crippen LogP contribution is 2.23. The van der Waals surface area contributed by atoms with Crippen molar-refractivity contribution < 1.29 is 17.9 Å². The van der Waals surface area contributed by atoms with E-state index in [0.717, 1.165) is 0 Å². The van der Waals surface area contributed by atoms with Crippen LogP contribution in [0, 0.1) is 0 Å². The largest absolute Gasteiger partial charge is 0.391 e. The fourth-order valence-electron chi connectivity index (χ4n) is 1.50. The number of rotatable bonds is 6. The molecular weight excluding hydrogens is 261 g/mol. The van der Waals surface area contributed by atoms with Gasteiger partial charge in [0.2, 0.25) is 0 Å². The molecule has 1 heterocycles. The standard InChI is InChI=1S/C11H17F3N4O/c1-3-19-6-10-17-8(15)4-9(18-10)16-7(2)5-11(12,13)14/h4,7H,3,5-6H2,1-2H3,(H3,15,16,17,18). The number of hydrogen-bond donors (Lipinski definition) is 2. The van der Waals surface area contributed by atoms with Gasteiger partial charge in [-0.05, 0) is 13.8 Å². The Kier molecular flexibility index (Phi) is 5.34. The molecule has 1 aromatic heterocycles. The first kappa shape index (κ1) is 15.5. The minimum atomic E-state index is -4.22. The molecule has 1 atom stereocenters. The molecule has 0 amide bonds. The molecule has 0 spiro atoms. The van der Waals surface area contributed by atoms with Gasteiger partial charge in [0.15, 0.2) is 5.82 Å². The Labute approximate surface area is 109 Å². The number of hydrogen-bond acceptors (Lipinski definition) is 5. The van der Waals surface area contributed by atoms with Crippen molar-refractivity contribution in [3.63, 3.8) is 0 Å². The van der Waals surface area contributed by atoms with E-state index < -0.39 is 18.6 Å². The van der Waals surface area contributed by atoms with Crippen LogP contribution < -0.4 is 11.1 Å². The van der Waals surface area contributed by atoms with E-state index in [1.807, 2.05) is 6.92 Å². The molecule has 0 aliphatic heterocycles. The molecule has 8 heteroatoms. The predicted octanol–water partition coefficient (Wildman–Crippen LogP) is 2.35. The summed E-state index contributed by atoms with van der Waals surface area (Å²) in [7, 11) is 0. The predicted molar refractivity (Wildman–Crippen MR) is 65.5 cm³/mol. The average molecular weight is 278 g/mol. The van der Waals surface area contributed by atoms with E-state index in [0.29, 0.717) is 12.4 Å². The second-order valence-corrected chi connectivity index (χ2v) is 4.10. The monoisotopic (exact) mass is 278 g/mol. The van der Waals surface area contributed by atoms with Crippen LogP contribution in [0.3, 0.4) is 0 Å². The maximum Gasteiger partial charge on any atom is 0.391 e. The topological polar surface area (TPSA) is 73.1 Å². The summed E-state index contributed by atoms with van der Waals surface area (Å²) in [4.78, 5) is 7.98. The third-order valence-corrected chi connectivity index (χ3v) is 2.16. The zero-order valence-corrected chi connectivity index (χ0v) is 10.8. The molecule has 108 valence electrons. The summed E-state index contributed by atoms with van der Waals surface area (Å²) in [5.41, 5.74) is 5.57. The van der Waals surface area contributed by atoms with Crippen LogP contribution in [0.2, 0.25) is 0 Å². The van der Waals surface area contributed by atoms with Crippen molar-refractivity contribution in [3.05, 3.63) is 11.9 Å². The number of anilines is 2. The van der Waals surface area contributed by atoms with E-state index in [1.165, 1.54) is 13.0 Å². The summed E-state index contributed by atoms with van der Waals surface area (Å²) in [6, 6.07) is 0.594. The van der Waals surface area contributed by atoms with E-state index in [4.69, 9.17) is 10.5 Å².